The Bertz CT molecular complexity index is 419. The highest BCUT2D eigenvalue weighted by atomic mass is 32.1. The summed E-state index contributed by atoms with van der Waals surface area (Å²) in [6.45, 7) is 1.72. The van der Waals surface area contributed by atoms with Crippen molar-refractivity contribution in [3.8, 4) is 0 Å². The first-order chi connectivity index (χ1) is 9.13. The van der Waals surface area contributed by atoms with Crippen LogP contribution in [-0.4, -0.2) is 28.8 Å². The standard InChI is InChI=1S/C14H21NO3S/c16-11-3-1-2-10(6-11)8-15-9-13-5-4-12(19-13)7-14(17)18/h4-5,10-11,15-16H,1-3,6-9H2,(H,17,18). The molecule has 0 saturated heterocycles. The van der Waals surface area contributed by atoms with Crippen molar-refractivity contribution in [1.82, 2.24) is 5.32 Å². The van der Waals surface area contributed by atoms with Gasteiger partial charge in [0, 0.05) is 16.3 Å². The van der Waals surface area contributed by atoms with Gasteiger partial charge < -0.3 is 15.5 Å². The minimum atomic E-state index is -0.780. The molecule has 2 rings (SSSR count). The molecule has 4 nitrogen and oxygen atoms in total. The molecule has 0 radical (unpaired) electrons. The molecule has 106 valence electrons. The van der Waals surface area contributed by atoms with E-state index in [1.165, 1.54) is 11.3 Å². The van der Waals surface area contributed by atoms with Crippen LogP contribution in [0.15, 0.2) is 12.1 Å². The Morgan fingerprint density at radius 3 is 2.89 bits per heavy atom. The molecule has 0 amide bonds. The Morgan fingerprint density at radius 1 is 1.37 bits per heavy atom. The van der Waals surface area contributed by atoms with Gasteiger partial charge in [0.1, 0.15) is 0 Å². The summed E-state index contributed by atoms with van der Waals surface area (Å²) in [6.07, 6.45) is 4.15. The van der Waals surface area contributed by atoms with Crippen molar-refractivity contribution in [2.75, 3.05) is 6.54 Å². The molecule has 0 bridgehead atoms. The van der Waals surface area contributed by atoms with Gasteiger partial charge in [-0.1, -0.05) is 6.42 Å². The summed E-state index contributed by atoms with van der Waals surface area (Å²) >= 11 is 1.56. The van der Waals surface area contributed by atoms with E-state index < -0.39 is 5.97 Å². The Hall–Kier alpha value is -0.910. The SMILES string of the molecule is O=C(O)Cc1ccc(CNCC2CCCC(O)C2)s1. The number of hydrogen-bond donors (Lipinski definition) is 3. The van der Waals surface area contributed by atoms with E-state index in [1.54, 1.807) is 11.3 Å². The predicted octanol–water partition coefficient (Wildman–Crippen LogP) is 2.02. The lowest BCUT2D eigenvalue weighted by atomic mass is 9.87. The third kappa shape index (κ3) is 4.93. The summed E-state index contributed by atoms with van der Waals surface area (Å²) < 4.78 is 0. The predicted molar refractivity (Wildman–Crippen MR) is 75.3 cm³/mol. The van der Waals surface area contributed by atoms with Crippen molar-refractivity contribution in [3.05, 3.63) is 21.9 Å². The molecule has 1 fully saturated rings. The van der Waals surface area contributed by atoms with E-state index >= 15 is 0 Å². The molecule has 1 heterocycles. The lowest BCUT2D eigenvalue weighted by Crippen LogP contribution is -2.28. The van der Waals surface area contributed by atoms with E-state index in [0.29, 0.717) is 5.92 Å². The maximum atomic E-state index is 10.6. The first-order valence-electron chi connectivity index (χ1n) is 6.81. The van der Waals surface area contributed by atoms with Gasteiger partial charge in [-0.2, -0.15) is 0 Å². The Labute approximate surface area is 117 Å². The molecular weight excluding hydrogens is 262 g/mol. The van der Waals surface area contributed by atoms with Crippen molar-refractivity contribution in [3.63, 3.8) is 0 Å². The van der Waals surface area contributed by atoms with Crippen LogP contribution in [0.5, 0.6) is 0 Å². The van der Waals surface area contributed by atoms with Crippen molar-refractivity contribution in [2.45, 2.75) is 44.8 Å². The van der Waals surface area contributed by atoms with E-state index in [-0.39, 0.29) is 12.5 Å². The molecule has 1 aromatic rings. The van der Waals surface area contributed by atoms with Crippen molar-refractivity contribution < 1.29 is 15.0 Å². The molecule has 0 aromatic carbocycles. The smallest absolute Gasteiger partial charge is 0.308 e. The topological polar surface area (TPSA) is 69.6 Å². The van der Waals surface area contributed by atoms with Gasteiger partial charge in [-0.15, -0.1) is 11.3 Å². The van der Waals surface area contributed by atoms with Crippen LogP contribution in [0, 0.1) is 5.92 Å². The van der Waals surface area contributed by atoms with Gasteiger partial charge in [0.05, 0.1) is 12.5 Å². The zero-order valence-corrected chi connectivity index (χ0v) is 11.8. The molecule has 3 N–H and O–H groups in total. The minimum Gasteiger partial charge on any atom is -0.481 e. The number of rotatable bonds is 6. The van der Waals surface area contributed by atoms with Crippen LogP contribution in [-0.2, 0) is 17.8 Å². The van der Waals surface area contributed by atoms with Gasteiger partial charge in [0.2, 0.25) is 0 Å². The molecule has 0 aliphatic heterocycles. The van der Waals surface area contributed by atoms with Crippen molar-refractivity contribution in [2.24, 2.45) is 5.92 Å². The zero-order chi connectivity index (χ0) is 13.7. The van der Waals surface area contributed by atoms with Crippen LogP contribution in [0.25, 0.3) is 0 Å². The number of aliphatic hydroxyl groups is 1. The van der Waals surface area contributed by atoms with Crippen LogP contribution >= 0.6 is 11.3 Å². The quantitative estimate of drug-likeness (QED) is 0.747. The van der Waals surface area contributed by atoms with Crippen molar-refractivity contribution in [1.29, 1.82) is 0 Å². The average molecular weight is 283 g/mol. The van der Waals surface area contributed by atoms with Gasteiger partial charge in [0.25, 0.3) is 0 Å². The number of carbonyl (C=O) groups is 1. The second-order valence-corrected chi connectivity index (χ2v) is 6.51. The molecular formula is C14H21NO3S. The number of aliphatic carboxylic acids is 1. The molecule has 1 aliphatic rings. The molecule has 0 spiro atoms. The van der Waals surface area contributed by atoms with Crippen LogP contribution < -0.4 is 5.32 Å². The molecule has 1 aliphatic carbocycles. The number of carboxylic acids is 1. The molecule has 1 aromatic heterocycles. The molecule has 2 unspecified atom stereocenters. The number of thiophene rings is 1. The summed E-state index contributed by atoms with van der Waals surface area (Å²) in [4.78, 5) is 12.7. The molecule has 5 heteroatoms. The van der Waals surface area contributed by atoms with Crippen LogP contribution in [0.4, 0.5) is 0 Å². The van der Waals surface area contributed by atoms with Crippen LogP contribution in [0.1, 0.15) is 35.4 Å². The summed E-state index contributed by atoms with van der Waals surface area (Å²) in [5.41, 5.74) is 0. The number of hydrogen-bond acceptors (Lipinski definition) is 4. The molecule has 1 saturated carbocycles. The maximum Gasteiger partial charge on any atom is 0.308 e. The number of nitrogens with one attached hydrogen (secondary N) is 1. The lowest BCUT2D eigenvalue weighted by Gasteiger charge is -2.25. The summed E-state index contributed by atoms with van der Waals surface area (Å²) in [7, 11) is 0. The van der Waals surface area contributed by atoms with Crippen LogP contribution in [0.3, 0.4) is 0 Å². The summed E-state index contributed by atoms with van der Waals surface area (Å²) in [6, 6.07) is 3.88. The van der Waals surface area contributed by atoms with E-state index in [1.807, 2.05) is 12.1 Å². The molecule has 2 atom stereocenters. The zero-order valence-electron chi connectivity index (χ0n) is 11.0. The van der Waals surface area contributed by atoms with Crippen molar-refractivity contribution >= 4 is 17.3 Å². The highest BCUT2D eigenvalue weighted by Gasteiger charge is 2.19. The maximum absolute atomic E-state index is 10.6. The Morgan fingerprint density at radius 2 is 2.16 bits per heavy atom. The van der Waals surface area contributed by atoms with E-state index in [2.05, 4.69) is 5.32 Å². The highest BCUT2D eigenvalue weighted by molar-refractivity contribution is 7.12. The second-order valence-electron chi connectivity index (χ2n) is 5.26. The van der Waals surface area contributed by atoms with E-state index in [4.69, 9.17) is 5.11 Å². The third-order valence-corrected chi connectivity index (χ3v) is 4.62. The number of aliphatic hydroxyl groups excluding tert-OH is 1. The summed E-state index contributed by atoms with van der Waals surface area (Å²) in [5.74, 6) is -0.209. The fourth-order valence-corrected chi connectivity index (χ4v) is 3.59. The second kappa shape index (κ2) is 7.03. The lowest BCUT2D eigenvalue weighted by molar-refractivity contribution is -0.136. The van der Waals surface area contributed by atoms with E-state index in [0.717, 1.165) is 37.2 Å². The van der Waals surface area contributed by atoms with Gasteiger partial charge in [-0.25, -0.2) is 0 Å². The number of carboxylic acid groups (broad SMARTS) is 1. The highest BCUT2D eigenvalue weighted by Crippen LogP contribution is 2.24. The first-order valence-corrected chi connectivity index (χ1v) is 7.63. The van der Waals surface area contributed by atoms with Gasteiger partial charge >= 0.3 is 5.97 Å². The van der Waals surface area contributed by atoms with E-state index in [9.17, 15) is 9.90 Å². The van der Waals surface area contributed by atoms with Gasteiger partial charge in [-0.05, 0) is 43.9 Å². The monoisotopic (exact) mass is 283 g/mol. The van der Waals surface area contributed by atoms with Gasteiger partial charge in [0.15, 0.2) is 0 Å². The third-order valence-electron chi connectivity index (χ3n) is 3.53. The summed E-state index contributed by atoms with van der Waals surface area (Å²) in [5, 5.41) is 21.7. The fraction of sp³-hybridized carbons (Fsp3) is 0.643. The van der Waals surface area contributed by atoms with Crippen LogP contribution in [0.2, 0.25) is 0 Å². The minimum absolute atomic E-state index is 0.111. The van der Waals surface area contributed by atoms with Gasteiger partial charge in [-0.3, -0.25) is 4.79 Å². The Kier molecular flexibility index (Phi) is 5.36. The normalized spacial score (nSPS) is 23.4. The Balaban J connectivity index is 1.70. The fourth-order valence-electron chi connectivity index (χ4n) is 2.61. The first kappa shape index (κ1) is 14.5. The average Bonchev–Trinajstić information content (AvgIpc) is 2.76. The molecule has 19 heavy (non-hydrogen) atoms. The largest absolute Gasteiger partial charge is 0.481 e.